The van der Waals surface area contributed by atoms with Crippen LogP contribution < -0.4 is 4.90 Å². The molecule has 0 N–H and O–H groups in total. The average molecular weight is 268 g/mol. The first-order chi connectivity index (χ1) is 8.08. The summed E-state index contributed by atoms with van der Waals surface area (Å²) >= 11 is 6.72. The Morgan fingerprint density at radius 2 is 1.94 bits per heavy atom. The molecular weight excluding hydrogens is 258 g/mol. The zero-order valence-corrected chi connectivity index (χ0v) is 10.9. The SMILES string of the molecule is Cc1ccc(N(C)C(=O)c2nnc(Cl)s2)cc1. The number of nitrogens with zero attached hydrogens (tertiary/aromatic N) is 3. The fraction of sp³-hybridized carbons (Fsp3) is 0.182. The standard InChI is InChI=1S/C11H10ClN3OS/c1-7-3-5-8(6-4-7)15(2)10(16)9-13-14-11(12)17-9/h3-6H,1-2H3. The second-order valence-electron chi connectivity index (χ2n) is 3.56. The molecule has 1 heterocycles. The number of anilines is 1. The maximum Gasteiger partial charge on any atom is 0.289 e. The van der Waals surface area contributed by atoms with Gasteiger partial charge in [0.1, 0.15) is 0 Å². The molecule has 4 nitrogen and oxygen atoms in total. The van der Waals surface area contributed by atoms with Gasteiger partial charge < -0.3 is 4.90 Å². The van der Waals surface area contributed by atoms with Gasteiger partial charge in [-0.3, -0.25) is 4.79 Å². The van der Waals surface area contributed by atoms with Crippen LogP contribution in [0.15, 0.2) is 24.3 Å². The first-order valence-corrected chi connectivity index (χ1v) is 6.11. The van der Waals surface area contributed by atoms with Gasteiger partial charge in [0, 0.05) is 12.7 Å². The summed E-state index contributed by atoms with van der Waals surface area (Å²) in [4.78, 5) is 13.5. The molecule has 0 radical (unpaired) electrons. The van der Waals surface area contributed by atoms with E-state index in [0.29, 0.717) is 0 Å². The minimum Gasteiger partial charge on any atom is -0.309 e. The van der Waals surface area contributed by atoms with Crippen molar-refractivity contribution in [2.24, 2.45) is 0 Å². The van der Waals surface area contributed by atoms with E-state index in [9.17, 15) is 4.79 Å². The lowest BCUT2D eigenvalue weighted by molar-refractivity contribution is 0.0992. The maximum atomic E-state index is 12.0. The Kier molecular flexibility index (Phi) is 3.40. The van der Waals surface area contributed by atoms with E-state index in [1.54, 1.807) is 7.05 Å². The molecule has 0 saturated heterocycles. The molecular formula is C11H10ClN3OS. The lowest BCUT2D eigenvalue weighted by atomic mass is 10.2. The van der Waals surface area contributed by atoms with E-state index in [1.165, 1.54) is 4.90 Å². The van der Waals surface area contributed by atoms with E-state index >= 15 is 0 Å². The van der Waals surface area contributed by atoms with E-state index in [2.05, 4.69) is 10.2 Å². The number of carbonyl (C=O) groups is 1. The van der Waals surface area contributed by atoms with Crippen molar-refractivity contribution >= 4 is 34.5 Å². The maximum absolute atomic E-state index is 12.0. The molecule has 0 bridgehead atoms. The van der Waals surface area contributed by atoms with E-state index in [-0.39, 0.29) is 15.4 Å². The van der Waals surface area contributed by atoms with Crippen molar-refractivity contribution in [3.63, 3.8) is 0 Å². The van der Waals surface area contributed by atoms with Crippen LogP contribution in [-0.2, 0) is 0 Å². The van der Waals surface area contributed by atoms with E-state index < -0.39 is 0 Å². The Morgan fingerprint density at radius 3 is 2.47 bits per heavy atom. The smallest absolute Gasteiger partial charge is 0.289 e. The molecule has 0 aliphatic carbocycles. The van der Waals surface area contributed by atoms with Crippen LogP contribution in [0.4, 0.5) is 5.69 Å². The molecule has 0 fully saturated rings. The van der Waals surface area contributed by atoms with E-state index in [0.717, 1.165) is 22.6 Å². The van der Waals surface area contributed by atoms with Gasteiger partial charge in [0.15, 0.2) is 0 Å². The molecule has 17 heavy (non-hydrogen) atoms. The number of rotatable bonds is 2. The van der Waals surface area contributed by atoms with Gasteiger partial charge in [0.2, 0.25) is 9.47 Å². The van der Waals surface area contributed by atoms with Crippen molar-refractivity contribution < 1.29 is 4.79 Å². The number of aromatic nitrogens is 2. The third kappa shape index (κ3) is 2.62. The Morgan fingerprint density at radius 1 is 1.29 bits per heavy atom. The topological polar surface area (TPSA) is 46.1 Å². The summed E-state index contributed by atoms with van der Waals surface area (Å²) in [6.45, 7) is 2.00. The summed E-state index contributed by atoms with van der Waals surface area (Å²) in [5, 5.41) is 7.63. The summed E-state index contributed by atoms with van der Waals surface area (Å²) < 4.78 is 0.269. The number of hydrogen-bond acceptors (Lipinski definition) is 4. The van der Waals surface area contributed by atoms with Gasteiger partial charge in [-0.25, -0.2) is 0 Å². The first kappa shape index (κ1) is 12.0. The second kappa shape index (κ2) is 4.81. The molecule has 0 unspecified atom stereocenters. The summed E-state index contributed by atoms with van der Waals surface area (Å²) in [5.41, 5.74) is 1.96. The average Bonchev–Trinajstić information content (AvgIpc) is 2.75. The van der Waals surface area contributed by atoms with Crippen molar-refractivity contribution in [2.45, 2.75) is 6.92 Å². The zero-order chi connectivity index (χ0) is 12.4. The molecule has 1 aromatic carbocycles. The molecule has 88 valence electrons. The predicted octanol–water partition coefficient (Wildman–Crippen LogP) is 2.78. The highest BCUT2D eigenvalue weighted by molar-refractivity contribution is 7.17. The van der Waals surface area contributed by atoms with Crippen LogP contribution in [0.25, 0.3) is 0 Å². The Labute approximate surface area is 108 Å². The van der Waals surface area contributed by atoms with Crippen LogP contribution in [0.3, 0.4) is 0 Å². The van der Waals surface area contributed by atoms with Crippen LogP contribution in [0, 0.1) is 6.92 Å². The Balaban J connectivity index is 2.23. The number of benzene rings is 1. The van der Waals surface area contributed by atoms with Crippen molar-refractivity contribution in [3.8, 4) is 0 Å². The number of carbonyl (C=O) groups excluding carboxylic acids is 1. The normalized spacial score (nSPS) is 10.3. The Bertz CT molecular complexity index is 538. The molecule has 0 aliphatic heterocycles. The molecule has 1 amide bonds. The van der Waals surface area contributed by atoms with Crippen LogP contribution in [0.5, 0.6) is 0 Å². The quantitative estimate of drug-likeness (QED) is 0.841. The fourth-order valence-corrected chi connectivity index (χ4v) is 2.12. The minimum atomic E-state index is -0.210. The molecule has 0 atom stereocenters. The lowest BCUT2D eigenvalue weighted by Gasteiger charge is -2.15. The molecule has 2 aromatic rings. The number of amides is 1. The van der Waals surface area contributed by atoms with E-state index in [1.807, 2.05) is 31.2 Å². The summed E-state index contributed by atoms with van der Waals surface area (Å²) in [6.07, 6.45) is 0. The predicted molar refractivity (Wildman–Crippen MR) is 68.8 cm³/mol. The third-order valence-corrected chi connectivity index (χ3v) is 3.32. The van der Waals surface area contributed by atoms with Gasteiger partial charge in [-0.2, -0.15) is 0 Å². The van der Waals surface area contributed by atoms with Crippen LogP contribution in [0.1, 0.15) is 15.4 Å². The molecule has 0 aliphatic rings. The highest BCUT2D eigenvalue weighted by Gasteiger charge is 2.17. The van der Waals surface area contributed by atoms with Crippen molar-refractivity contribution in [1.29, 1.82) is 0 Å². The van der Waals surface area contributed by atoms with Crippen LogP contribution in [-0.4, -0.2) is 23.2 Å². The fourth-order valence-electron chi connectivity index (χ4n) is 1.32. The highest BCUT2D eigenvalue weighted by atomic mass is 35.5. The minimum absolute atomic E-state index is 0.210. The summed E-state index contributed by atoms with van der Waals surface area (Å²) in [5.74, 6) is -0.210. The third-order valence-electron chi connectivity index (χ3n) is 2.31. The highest BCUT2D eigenvalue weighted by Crippen LogP contribution is 2.20. The van der Waals surface area contributed by atoms with E-state index in [4.69, 9.17) is 11.6 Å². The summed E-state index contributed by atoms with van der Waals surface area (Å²) in [7, 11) is 1.70. The van der Waals surface area contributed by atoms with Gasteiger partial charge in [-0.1, -0.05) is 29.0 Å². The number of hydrogen-bond donors (Lipinski definition) is 0. The van der Waals surface area contributed by atoms with Crippen molar-refractivity contribution in [2.75, 3.05) is 11.9 Å². The second-order valence-corrected chi connectivity index (χ2v) is 5.12. The molecule has 1 aromatic heterocycles. The lowest BCUT2D eigenvalue weighted by Crippen LogP contribution is -2.26. The van der Waals surface area contributed by atoms with Crippen molar-refractivity contribution in [1.82, 2.24) is 10.2 Å². The van der Waals surface area contributed by atoms with Crippen molar-refractivity contribution in [3.05, 3.63) is 39.3 Å². The molecule has 6 heteroatoms. The molecule has 0 saturated carbocycles. The number of halogens is 1. The largest absolute Gasteiger partial charge is 0.309 e. The van der Waals surface area contributed by atoms with Crippen LogP contribution in [0.2, 0.25) is 4.47 Å². The molecule has 2 rings (SSSR count). The monoisotopic (exact) mass is 267 g/mol. The zero-order valence-electron chi connectivity index (χ0n) is 9.35. The van der Waals surface area contributed by atoms with Gasteiger partial charge in [-0.15, -0.1) is 10.2 Å². The number of aryl methyl sites for hydroxylation is 1. The van der Waals surface area contributed by atoms with Gasteiger partial charge in [0.25, 0.3) is 5.91 Å². The van der Waals surface area contributed by atoms with Gasteiger partial charge in [0.05, 0.1) is 0 Å². The molecule has 0 spiro atoms. The van der Waals surface area contributed by atoms with Gasteiger partial charge >= 0.3 is 0 Å². The van der Waals surface area contributed by atoms with Gasteiger partial charge in [-0.05, 0) is 30.7 Å². The first-order valence-electron chi connectivity index (χ1n) is 4.91. The summed E-state index contributed by atoms with van der Waals surface area (Å²) in [6, 6.07) is 7.67. The van der Waals surface area contributed by atoms with Crippen LogP contribution >= 0.6 is 22.9 Å². The Hall–Kier alpha value is -1.46.